The first-order valence-corrected chi connectivity index (χ1v) is 2.05. The number of piperidine rings is 1. The Kier molecular flexibility index (Phi) is 0.445. The molecule has 0 spiro atoms. The molecule has 0 amide bonds. The SMILES string of the molecule is [2H]C1CCC([2H])([2H])NC1([2H])[2H]. The van der Waals surface area contributed by atoms with Gasteiger partial charge in [-0.15, -0.1) is 0 Å². The normalized spacial score (nSPS) is 65.3. The van der Waals surface area contributed by atoms with Crippen LogP contribution in [0.3, 0.4) is 0 Å². The fourth-order valence-electron chi connectivity index (χ4n) is 0.381. The Balaban J connectivity index is 2.67. The number of nitrogens with one attached hydrogen (secondary N) is 1. The lowest BCUT2D eigenvalue weighted by Crippen LogP contribution is -2.21. The van der Waals surface area contributed by atoms with E-state index >= 15 is 0 Å². The Hall–Kier alpha value is -0.0400. The Morgan fingerprint density at radius 1 is 1.33 bits per heavy atom. The minimum Gasteiger partial charge on any atom is -0.317 e. The molecule has 0 aromatic heterocycles. The molecule has 1 saturated heterocycles. The van der Waals surface area contributed by atoms with Gasteiger partial charge in [-0.25, -0.2) is 0 Å². The van der Waals surface area contributed by atoms with E-state index in [1.165, 1.54) is 0 Å². The minimum absolute atomic E-state index is 0.209. The molecule has 0 aromatic carbocycles. The second-order valence-corrected chi connectivity index (χ2v) is 1.19. The summed E-state index contributed by atoms with van der Waals surface area (Å²) in [7, 11) is 0. The van der Waals surface area contributed by atoms with E-state index in [0.717, 1.165) is 0 Å². The van der Waals surface area contributed by atoms with Crippen LogP contribution in [0.2, 0.25) is 0 Å². The van der Waals surface area contributed by atoms with Crippen LogP contribution in [-0.2, 0) is 0 Å². The summed E-state index contributed by atoms with van der Waals surface area (Å²) in [6.45, 7) is -3.54. The standard InChI is InChI=1S/C5H11N/c1-2-4-6-5-3-1/h6H,1-5H2/i2D,4D2,5D2. The second kappa shape index (κ2) is 2.19. The molecule has 1 N–H and O–H groups in total. The van der Waals surface area contributed by atoms with Gasteiger partial charge >= 0.3 is 0 Å². The molecular formula is C5H11N. The molecule has 1 heterocycles. The highest BCUT2D eigenvalue weighted by atomic mass is 14.9. The van der Waals surface area contributed by atoms with E-state index in [2.05, 4.69) is 5.32 Å². The van der Waals surface area contributed by atoms with Gasteiger partial charge in [0.15, 0.2) is 0 Å². The van der Waals surface area contributed by atoms with Gasteiger partial charge < -0.3 is 5.32 Å². The summed E-state index contributed by atoms with van der Waals surface area (Å²) in [5.74, 6) is 0. The number of hydrogen-bond donors (Lipinski definition) is 1. The molecule has 0 saturated carbocycles. The highest BCUT2D eigenvalue weighted by Crippen LogP contribution is 1.96. The van der Waals surface area contributed by atoms with E-state index in [9.17, 15) is 0 Å². The molecule has 1 atom stereocenters. The van der Waals surface area contributed by atoms with Crippen LogP contribution in [-0.4, -0.2) is 13.0 Å². The maximum Gasteiger partial charge on any atom is 0.0428 e. The van der Waals surface area contributed by atoms with Crippen LogP contribution in [0.5, 0.6) is 0 Å². The first-order chi connectivity index (χ1) is 4.83. The van der Waals surface area contributed by atoms with E-state index in [0.29, 0.717) is 0 Å². The average Bonchev–Trinajstić information content (AvgIpc) is 1.77. The molecule has 0 aromatic rings. The minimum atomic E-state index is -1.89. The van der Waals surface area contributed by atoms with Crippen molar-refractivity contribution in [3.63, 3.8) is 0 Å². The van der Waals surface area contributed by atoms with Crippen LogP contribution in [0, 0.1) is 0 Å². The molecule has 1 fully saturated rings. The summed E-state index contributed by atoms with van der Waals surface area (Å²) >= 11 is 0. The smallest absolute Gasteiger partial charge is 0.0428 e. The lowest BCUT2D eigenvalue weighted by atomic mass is 10.2. The lowest BCUT2D eigenvalue weighted by molar-refractivity contribution is 0.520. The zero-order valence-electron chi connectivity index (χ0n) is 8.49. The largest absolute Gasteiger partial charge is 0.317 e. The van der Waals surface area contributed by atoms with E-state index in [4.69, 9.17) is 6.85 Å². The third kappa shape index (κ3) is 0.977. The van der Waals surface area contributed by atoms with E-state index in [1.54, 1.807) is 0 Å². The van der Waals surface area contributed by atoms with Crippen molar-refractivity contribution in [2.24, 2.45) is 0 Å². The van der Waals surface area contributed by atoms with Crippen molar-refractivity contribution in [2.45, 2.75) is 19.2 Å². The summed E-state index contributed by atoms with van der Waals surface area (Å²) in [5.41, 5.74) is 0. The van der Waals surface area contributed by atoms with Crippen LogP contribution >= 0.6 is 0 Å². The second-order valence-electron chi connectivity index (χ2n) is 1.19. The molecule has 36 valence electrons. The van der Waals surface area contributed by atoms with Crippen molar-refractivity contribution in [3.8, 4) is 0 Å². The van der Waals surface area contributed by atoms with E-state index in [-0.39, 0.29) is 12.8 Å². The van der Waals surface area contributed by atoms with Crippen molar-refractivity contribution < 1.29 is 6.85 Å². The van der Waals surface area contributed by atoms with Gasteiger partial charge in [-0.3, -0.25) is 0 Å². The van der Waals surface area contributed by atoms with Crippen molar-refractivity contribution in [1.82, 2.24) is 5.32 Å². The Bertz CT molecular complexity index is 157. The highest BCUT2D eigenvalue weighted by molar-refractivity contribution is 4.55. The first-order valence-electron chi connectivity index (χ1n) is 4.63. The van der Waals surface area contributed by atoms with Crippen molar-refractivity contribution in [1.29, 1.82) is 0 Å². The third-order valence-corrected chi connectivity index (χ3v) is 0.676. The fourth-order valence-corrected chi connectivity index (χ4v) is 0.381. The Morgan fingerprint density at radius 2 is 2.33 bits per heavy atom. The maximum absolute atomic E-state index is 7.25. The van der Waals surface area contributed by atoms with Crippen LogP contribution < -0.4 is 5.32 Å². The molecule has 1 aliphatic rings. The summed E-state index contributed by atoms with van der Waals surface area (Å²) in [5, 5.41) is 2.16. The molecule has 1 heteroatoms. The monoisotopic (exact) mass is 90.1 g/mol. The van der Waals surface area contributed by atoms with Crippen molar-refractivity contribution >= 4 is 0 Å². The van der Waals surface area contributed by atoms with Crippen LogP contribution in [0.1, 0.15) is 26.1 Å². The molecule has 0 bridgehead atoms. The summed E-state index contributed by atoms with van der Waals surface area (Å²) in [4.78, 5) is 0. The third-order valence-electron chi connectivity index (χ3n) is 0.676. The summed E-state index contributed by atoms with van der Waals surface area (Å²) in [6.07, 6.45) is -0.375. The summed E-state index contributed by atoms with van der Waals surface area (Å²) in [6, 6.07) is 0. The van der Waals surface area contributed by atoms with Crippen molar-refractivity contribution in [3.05, 3.63) is 0 Å². The number of hydrogen-bond acceptors (Lipinski definition) is 1. The molecule has 6 heavy (non-hydrogen) atoms. The zero-order valence-corrected chi connectivity index (χ0v) is 3.49. The van der Waals surface area contributed by atoms with Gasteiger partial charge in [-0.2, -0.15) is 0 Å². The summed E-state index contributed by atoms with van der Waals surface area (Å²) < 4.78 is 36.1. The predicted octanol–water partition coefficient (Wildman–Crippen LogP) is 0.760. The van der Waals surface area contributed by atoms with Gasteiger partial charge in [0, 0.05) is 6.85 Å². The van der Waals surface area contributed by atoms with Crippen LogP contribution in [0.4, 0.5) is 0 Å². The highest BCUT2D eigenvalue weighted by Gasteiger charge is 1.93. The molecular weight excluding hydrogens is 74.1 g/mol. The van der Waals surface area contributed by atoms with Gasteiger partial charge in [0.25, 0.3) is 0 Å². The van der Waals surface area contributed by atoms with Gasteiger partial charge in [-0.1, -0.05) is 6.42 Å². The van der Waals surface area contributed by atoms with Crippen LogP contribution in [0.15, 0.2) is 0 Å². The Labute approximate surface area is 45.8 Å². The van der Waals surface area contributed by atoms with Crippen molar-refractivity contribution in [2.75, 3.05) is 13.0 Å². The molecule has 1 aliphatic heterocycles. The average molecular weight is 90.2 g/mol. The molecule has 0 aliphatic carbocycles. The molecule has 1 unspecified atom stereocenters. The van der Waals surface area contributed by atoms with Gasteiger partial charge in [0.05, 0.1) is 0 Å². The number of rotatable bonds is 0. The van der Waals surface area contributed by atoms with E-state index < -0.39 is 19.4 Å². The molecule has 1 rings (SSSR count). The quantitative estimate of drug-likeness (QED) is 0.463. The zero-order chi connectivity index (χ0) is 8.70. The Morgan fingerprint density at radius 3 is 3.00 bits per heavy atom. The fraction of sp³-hybridized carbons (Fsp3) is 1.00. The topological polar surface area (TPSA) is 12.0 Å². The molecule has 1 nitrogen and oxygen atoms in total. The van der Waals surface area contributed by atoms with E-state index in [1.807, 2.05) is 0 Å². The van der Waals surface area contributed by atoms with Gasteiger partial charge in [0.2, 0.25) is 0 Å². The predicted molar refractivity (Wildman–Crippen MR) is 26.7 cm³/mol. The first kappa shape index (κ1) is 1.22. The van der Waals surface area contributed by atoms with Gasteiger partial charge in [-0.05, 0) is 25.8 Å². The lowest BCUT2D eigenvalue weighted by Gasteiger charge is -2.08. The van der Waals surface area contributed by atoms with Crippen LogP contribution in [0.25, 0.3) is 0 Å². The maximum atomic E-state index is 7.25. The van der Waals surface area contributed by atoms with Gasteiger partial charge in [0.1, 0.15) is 0 Å². The molecule has 0 radical (unpaired) electrons.